The lowest BCUT2D eigenvalue weighted by Gasteiger charge is -2.07. The molecule has 0 saturated heterocycles. The monoisotopic (exact) mass is 262 g/mol. The molecule has 0 bridgehead atoms. The van der Waals surface area contributed by atoms with E-state index in [0.29, 0.717) is 0 Å². The lowest BCUT2D eigenvalue weighted by Crippen LogP contribution is -2.06. The number of aliphatic hydroxyl groups is 1. The molecule has 0 saturated carbocycles. The van der Waals surface area contributed by atoms with Gasteiger partial charge in [-0.1, -0.05) is 13.3 Å². The summed E-state index contributed by atoms with van der Waals surface area (Å²) < 4.78 is 1.18. The molecule has 13 heavy (non-hydrogen) atoms. The Kier molecular flexibility index (Phi) is 4.99. The summed E-state index contributed by atoms with van der Waals surface area (Å²) in [5, 5.41) is 13.8. The molecule has 1 N–H and O–H groups in total. The topological polar surface area (TPSA) is 20.2 Å². The van der Waals surface area contributed by atoms with Gasteiger partial charge in [-0.2, -0.15) is 11.3 Å². The van der Waals surface area contributed by atoms with Crippen LogP contribution >= 0.6 is 27.3 Å². The van der Waals surface area contributed by atoms with Crippen LogP contribution in [0.2, 0.25) is 0 Å². The fraction of sp³-hybridized carbons (Fsp3) is 0.600. The van der Waals surface area contributed by atoms with Crippen LogP contribution in [0.5, 0.6) is 0 Å². The fourth-order valence-electron chi connectivity index (χ4n) is 1.29. The Morgan fingerprint density at radius 3 is 2.77 bits per heavy atom. The Bertz CT molecular complexity index is 247. The largest absolute Gasteiger partial charge is 0.393 e. The van der Waals surface area contributed by atoms with E-state index in [2.05, 4.69) is 33.6 Å². The van der Waals surface area contributed by atoms with Gasteiger partial charge in [0.05, 0.1) is 6.10 Å². The van der Waals surface area contributed by atoms with E-state index in [4.69, 9.17) is 0 Å². The van der Waals surface area contributed by atoms with Crippen LogP contribution in [-0.4, -0.2) is 11.2 Å². The molecular weight excluding hydrogens is 248 g/mol. The van der Waals surface area contributed by atoms with Gasteiger partial charge >= 0.3 is 0 Å². The maximum absolute atomic E-state index is 9.53. The van der Waals surface area contributed by atoms with Crippen molar-refractivity contribution >= 4 is 27.3 Å². The Hall–Kier alpha value is 0.140. The average Bonchev–Trinajstić information content (AvgIpc) is 2.48. The van der Waals surface area contributed by atoms with Crippen molar-refractivity contribution in [1.82, 2.24) is 0 Å². The first-order chi connectivity index (χ1) is 6.24. The summed E-state index contributed by atoms with van der Waals surface area (Å²) in [4.78, 5) is 0. The number of rotatable bonds is 5. The Morgan fingerprint density at radius 1 is 1.46 bits per heavy atom. The second kappa shape index (κ2) is 5.78. The van der Waals surface area contributed by atoms with Crippen molar-refractivity contribution in [1.29, 1.82) is 0 Å². The molecule has 1 rings (SSSR count). The Morgan fingerprint density at radius 2 is 2.23 bits per heavy atom. The first kappa shape index (κ1) is 11.2. The van der Waals surface area contributed by atoms with Crippen molar-refractivity contribution in [2.75, 3.05) is 0 Å². The van der Waals surface area contributed by atoms with Crippen LogP contribution < -0.4 is 0 Å². The van der Waals surface area contributed by atoms with Gasteiger partial charge in [-0.25, -0.2) is 0 Å². The third-order valence-electron chi connectivity index (χ3n) is 2.06. The molecular formula is C10H15BrOS. The van der Waals surface area contributed by atoms with E-state index < -0.39 is 0 Å². The van der Waals surface area contributed by atoms with E-state index in [0.717, 1.165) is 25.7 Å². The summed E-state index contributed by atoms with van der Waals surface area (Å²) >= 11 is 5.19. The first-order valence-electron chi connectivity index (χ1n) is 4.62. The van der Waals surface area contributed by atoms with Gasteiger partial charge in [0.15, 0.2) is 0 Å². The van der Waals surface area contributed by atoms with Crippen LogP contribution in [0.3, 0.4) is 0 Å². The second-order valence-electron chi connectivity index (χ2n) is 3.23. The molecule has 0 spiro atoms. The van der Waals surface area contributed by atoms with Gasteiger partial charge in [-0.3, -0.25) is 0 Å². The molecule has 0 aromatic carbocycles. The summed E-state index contributed by atoms with van der Waals surface area (Å²) in [7, 11) is 0. The summed E-state index contributed by atoms with van der Waals surface area (Å²) in [6, 6.07) is 0. The zero-order valence-electron chi connectivity index (χ0n) is 7.79. The predicted octanol–water partition coefficient (Wildman–Crippen LogP) is 3.60. The van der Waals surface area contributed by atoms with Gasteiger partial charge in [-0.15, -0.1) is 0 Å². The molecule has 0 aliphatic carbocycles. The third kappa shape index (κ3) is 3.79. The molecule has 0 radical (unpaired) electrons. The number of hydrogen-bond acceptors (Lipinski definition) is 2. The predicted molar refractivity (Wildman–Crippen MR) is 61.3 cm³/mol. The number of aliphatic hydroxyl groups excluding tert-OH is 1. The van der Waals surface area contributed by atoms with Gasteiger partial charge < -0.3 is 5.11 Å². The summed E-state index contributed by atoms with van der Waals surface area (Å²) in [6.07, 6.45) is 3.71. The number of aryl methyl sites for hydroxylation is 1. The van der Waals surface area contributed by atoms with Crippen LogP contribution in [0, 0.1) is 0 Å². The van der Waals surface area contributed by atoms with Crippen molar-refractivity contribution in [3.63, 3.8) is 0 Å². The summed E-state index contributed by atoms with van der Waals surface area (Å²) in [5.74, 6) is 0. The molecule has 1 heterocycles. The minimum atomic E-state index is -0.128. The lowest BCUT2D eigenvalue weighted by atomic mass is 10.1. The van der Waals surface area contributed by atoms with Gasteiger partial charge in [0.2, 0.25) is 0 Å². The summed E-state index contributed by atoms with van der Waals surface area (Å²) in [5.41, 5.74) is 1.32. The molecule has 0 amide bonds. The first-order valence-corrected chi connectivity index (χ1v) is 6.36. The van der Waals surface area contributed by atoms with Crippen LogP contribution in [0.25, 0.3) is 0 Å². The van der Waals surface area contributed by atoms with E-state index in [1.54, 1.807) is 11.3 Å². The molecule has 3 heteroatoms. The van der Waals surface area contributed by atoms with Gasteiger partial charge in [0, 0.05) is 9.85 Å². The van der Waals surface area contributed by atoms with E-state index in [1.165, 1.54) is 10.0 Å². The molecule has 1 atom stereocenters. The molecule has 1 aromatic heterocycles. The van der Waals surface area contributed by atoms with Crippen molar-refractivity contribution in [3.8, 4) is 0 Å². The fourth-order valence-corrected chi connectivity index (χ4v) is 2.82. The molecule has 1 aromatic rings. The van der Waals surface area contributed by atoms with Crippen LogP contribution in [0.15, 0.2) is 15.2 Å². The van der Waals surface area contributed by atoms with Crippen LogP contribution in [0.4, 0.5) is 0 Å². The quantitative estimate of drug-likeness (QED) is 0.860. The van der Waals surface area contributed by atoms with E-state index >= 15 is 0 Å². The standard InChI is InChI=1S/C10H15BrOS/c1-2-3-9(12)5-4-8-6-13-7-10(8)11/h6-7,9,12H,2-5H2,1H3. The van der Waals surface area contributed by atoms with Crippen LogP contribution in [-0.2, 0) is 6.42 Å². The van der Waals surface area contributed by atoms with E-state index in [9.17, 15) is 5.11 Å². The molecule has 0 aliphatic heterocycles. The Labute approximate surface area is 91.9 Å². The van der Waals surface area contributed by atoms with E-state index in [-0.39, 0.29) is 6.10 Å². The minimum absolute atomic E-state index is 0.128. The normalized spacial score (nSPS) is 13.2. The SMILES string of the molecule is CCCC(O)CCc1cscc1Br. The molecule has 0 fully saturated rings. The second-order valence-corrected chi connectivity index (χ2v) is 4.82. The maximum atomic E-state index is 9.53. The lowest BCUT2D eigenvalue weighted by molar-refractivity contribution is 0.154. The zero-order valence-corrected chi connectivity index (χ0v) is 10.2. The van der Waals surface area contributed by atoms with Crippen molar-refractivity contribution in [3.05, 3.63) is 20.8 Å². The van der Waals surface area contributed by atoms with Gasteiger partial charge in [0.1, 0.15) is 0 Å². The highest BCUT2D eigenvalue weighted by Gasteiger charge is 2.05. The summed E-state index contributed by atoms with van der Waals surface area (Å²) in [6.45, 7) is 2.10. The number of thiophene rings is 1. The highest BCUT2D eigenvalue weighted by Crippen LogP contribution is 2.23. The van der Waals surface area contributed by atoms with E-state index in [1.807, 2.05) is 0 Å². The zero-order chi connectivity index (χ0) is 9.68. The van der Waals surface area contributed by atoms with Crippen molar-refractivity contribution in [2.24, 2.45) is 0 Å². The number of halogens is 1. The smallest absolute Gasteiger partial charge is 0.0543 e. The highest BCUT2D eigenvalue weighted by molar-refractivity contribution is 9.10. The van der Waals surface area contributed by atoms with Gasteiger partial charge in [0.25, 0.3) is 0 Å². The minimum Gasteiger partial charge on any atom is -0.393 e. The van der Waals surface area contributed by atoms with Crippen molar-refractivity contribution in [2.45, 2.75) is 38.7 Å². The third-order valence-corrected chi connectivity index (χ3v) is 3.89. The molecule has 0 aliphatic rings. The molecule has 74 valence electrons. The molecule has 1 nitrogen and oxygen atoms in total. The van der Waals surface area contributed by atoms with Crippen LogP contribution in [0.1, 0.15) is 31.7 Å². The van der Waals surface area contributed by atoms with Crippen molar-refractivity contribution < 1.29 is 5.11 Å². The Balaban J connectivity index is 2.30. The average molecular weight is 263 g/mol. The highest BCUT2D eigenvalue weighted by atomic mass is 79.9. The maximum Gasteiger partial charge on any atom is 0.0543 e. The molecule has 1 unspecified atom stereocenters. The van der Waals surface area contributed by atoms with Gasteiger partial charge in [-0.05, 0) is 46.1 Å². The number of hydrogen-bond donors (Lipinski definition) is 1.